The largest absolute Gasteiger partial charge is 0.489 e. The molecule has 4 heteroatoms. The van der Waals surface area contributed by atoms with Crippen molar-refractivity contribution in [2.45, 2.75) is 26.9 Å². The maximum Gasteiger partial charge on any atom is 0.144 e. The normalized spacial score (nSPS) is 10.7. The quantitative estimate of drug-likeness (QED) is 0.819. The lowest BCUT2D eigenvalue weighted by Crippen LogP contribution is -2.07. The van der Waals surface area contributed by atoms with E-state index in [4.69, 9.17) is 10.5 Å². The summed E-state index contributed by atoms with van der Waals surface area (Å²) >= 11 is 0. The number of rotatable bonds is 4. The first-order valence-corrected chi connectivity index (χ1v) is 6.55. The molecule has 0 saturated carbocycles. The molecule has 0 aliphatic heterocycles. The fraction of sp³-hybridized carbons (Fsp3) is 0.250. The predicted molar refractivity (Wildman–Crippen MR) is 81.0 cm³/mol. The lowest BCUT2D eigenvalue weighted by molar-refractivity contribution is 0.244. The van der Waals surface area contributed by atoms with Gasteiger partial charge in [-0.3, -0.25) is 0 Å². The molecule has 2 rings (SSSR count). The minimum atomic E-state index is -0.211. The summed E-state index contributed by atoms with van der Waals surface area (Å²) < 4.78 is 18.9. The molecule has 0 aliphatic rings. The van der Waals surface area contributed by atoms with Gasteiger partial charge >= 0.3 is 0 Å². The highest BCUT2D eigenvalue weighted by Crippen LogP contribution is 2.28. The molecule has 0 unspecified atom stereocenters. The molecule has 0 radical (unpaired) electrons. The van der Waals surface area contributed by atoms with Gasteiger partial charge in [0.15, 0.2) is 0 Å². The molecule has 3 nitrogen and oxygen atoms in total. The molecule has 2 aromatic rings. The summed E-state index contributed by atoms with van der Waals surface area (Å²) in [4.78, 5) is 0. The van der Waals surface area contributed by atoms with Crippen molar-refractivity contribution in [1.82, 2.24) is 0 Å². The van der Waals surface area contributed by atoms with Gasteiger partial charge in [-0.05, 0) is 56.7 Å². The number of anilines is 3. The zero-order valence-corrected chi connectivity index (χ0v) is 11.9. The second-order valence-electron chi connectivity index (χ2n) is 5.01. The molecule has 0 spiro atoms. The Kier molecular flexibility index (Phi) is 4.13. The van der Waals surface area contributed by atoms with Crippen LogP contribution in [0.4, 0.5) is 21.5 Å². The summed E-state index contributed by atoms with van der Waals surface area (Å²) in [5, 5.41) is 3.21. The van der Waals surface area contributed by atoms with Crippen LogP contribution in [0.5, 0.6) is 5.75 Å². The number of nitrogens with two attached hydrogens (primary N) is 1. The van der Waals surface area contributed by atoms with Crippen molar-refractivity contribution >= 4 is 17.1 Å². The van der Waals surface area contributed by atoms with Gasteiger partial charge in [0.05, 0.1) is 11.8 Å². The highest BCUT2D eigenvalue weighted by atomic mass is 19.1. The molecule has 106 valence electrons. The Balaban J connectivity index is 2.22. The van der Waals surface area contributed by atoms with Crippen molar-refractivity contribution in [3.05, 3.63) is 47.8 Å². The van der Waals surface area contributed by atoms with E-state index in [0.29, 0.717) is 17.0 Å². The van der Waals surface area contributed by atoms with Crippen LogP contribution in [-0.2, 0) is 0 Å². The maximum atomic E-state index is 13.2. The zero-order chi connectivity index (χ0) is 14.7. The predicted octanol–water partition coefficient (Wildman–Crippen LogP) is 4.25. The summed E-state index contributed by atoms with van der Waals surface area (Å²) in [6.45, 7) is 5.63. The van der Waals surface area contributed by atoms with Crippen LogP contribution in [0.2, 0.25) is 0 Å². The Labute approximate surface area is 118 Å². The highest BCUT2D eigenvalue weighted by molar-refractivity contribution is 5.67. The maximum absolute atomic E-state index is 13.2. The summed E-state index contributed by atoms with van der Waals surface area (Å²) in [6, 6.07) is 10.4. The Morgan fingerprint density at radius 1 is 1.10 bits per heavy atom. The summed E-state index contributed by atoms with van der Waals surface area (Å²) in [5.41, 5.74) is 8.74. The van der Waals surface area contributed by atoms with Crippen molar-refractivity contribution in [1.29, 1.82) is 0 Å². The van der Waals surface area contributed by atoms with Crippen LogP contribution in [0.25, 0.3) is 0 Å². The third-order valence-electron chi connectivity index (χ3n) is 2.82. The van der Waals surface area contributed by atoms with E-state index in [1.807, 2.05) is 26.0 Å². The van der Waals surface area contributed by atoms with E-state index in [-0.39, 0.29) is 11.9 Å². The van der Waals surface area contributed by atoms with Crippen LogP contribution >= 0.6 is 0 Å². The number of benzene rings is 2. The standard InChI is InChI=1S/C16H19FN2O/c1-10(2)20-16-9-13(5-7-15(16)18)19-12-4-6-14(17)11(3)8-12/h4-10,19H,18H2,1-3H3. The zero-order valence-electron chi connectivity index (χ0n) is 11.9. The van der Waals surface area contributed by atoms with E-state index in [9.17, 15) is 4.39 Å². The van der Waals surface area contributed by atoms with Gasteiger partial charge in [-0.2, -0.15) is 0 Å². The summed E-state index contributed by atoms with van der Waals surface area (Å²) in [7, 11) is 0. The number of nitrogen functional groups attached to an aromatic ring is 1. The van der Waals surface area contributed by atoms with E-state index < -0.39 is 0 Å². The van der Waals surface area contributed by atoms with Crippen LogP contribution in [0, 0.1) is 12.7 Å². The minimum Gasteiger partial charge on any atom is -0.489 e. The van der Waals surface area contributed by atoms with Gasteiger partial charge < -0.3 is 15.8 Å². The first-order chi connectivity index (χ1) is 9.45. The monoisotopic (exact) mass is 274 g/mol. The molecule has 0 aromatic heterocycles. The molecular weight excluding hydrogens is 255 g/mol. The highest BCUT2D eigenvalue weighted by Gasteiger charge is 2.05. The molecule has 0 atom stereocenters. The van der Waals surface area contributed by atoms with Crippen LogP contribution in [-0.4, -0.2) is 6.10 Å². The average molecular weight is 274 g/mol. The Hall–Kier alpha value is -2.23. The average Bonchev–Trinajstić information content (AvgIpc) is 2.37. The van der Waals surface area contributed by atoms with E-state index in [1.54, 1.807) is 25.1 Å². The van der Waals surface area contributed by atoms with Gasteiger partial charge in [0.2, 0.25) is 0 Å². The third-order valence-corrected chi connectivity index (χ3v) is 2.82. The second-order valence-corrected chi connectivity index (χ2v) is 5.01. The number of ether oxygens (including phenoxy) is 1. The van der Waals surface area contributed by atoms with Crippen molar-refractivity contribution in [3.8, 4) is 5.75 Å². The lowest BCUT2D eigenvalue weighted by atomic mass is 10.2. The molecule has 2 aromatic carbocycles. The smallest absolute Gasteiger partial charge is 0.144 e. The molecular formula is C16H19FN2O. The fourth-order valence-corrected chi connectivity index (χ4v) is 1.86. The van der Waals surface area contributed by atoms with Crippen molar-refractivity contribution in [2.75, 3.05) is 11.1 Å². The van der Waals surface area contributed by atoms with Gasteiger partial charge in [0.1, 0.15) is 11.6 Å². The van der Waals surface area contributed by atoms with Crippen LogP contribution in [0.1, 0.15) is 19.4 Å². The lowest BCUT2D eigenvalue weighted by Gasteiger charge is -2.14. The number of halogens is 1. The molecule has 0 saturated heterocycles. The Morgan fingerprint density at radius 3 is 2.40 bits per heavy atom. The summed E-state index contributed by atoms with van der Waals surface area (Å²) in [6.07, 6.45) is 0.0561. The number of nitrogens with one attached hydrogen (secondary N) is 1. The van der Waals surface area contributed by atoms with Gasteiger partial charge in [-0.15, -0.1) is 0 Å². The topological polar surface area (TPSA) is 47.3 Å². The van der Waals surface area contributed by atoms with Gasteiger partial charge in [0.25, 0.3) is 0 Å². The minimum absolute atomic E-state index is 0.0561. The number of hydrogen-bond donors (Lipinski definition) is 2. The number of hydrogen-bond acceptors (Lipinski definition) is 3. The second kappa shape index (κ2) is 5.82. The van der Waals surface area contributed by atoms with Crippen LogP contribution in [0.3, 0.4) is 0 Å². The van der Waals surface area contributed by atoms with Gasteiger partial charge in [-0.25, -0.2) is 4.39 Å². The Morgan fingerprint density at radius 2 is 1.75 bits per heavy atom. The van der Waals surface area contributed by atoms with Crippen LogP contribution in [0.15, 0.2) is 36.4 Å². The van der Waals surface area contributed by atoms with Crippen LogP contribution < -0.4 is 15.8 Å². The number of aryl methyl sites for hydroxylation is 1. The van der Waals surface area contributed by atoms with E-state index in [0.717, 1.165) is 11.4 Å². The first kappa shape index (κ1) is 14.2. The van der Waals surface area contributed by atoms with E-state index >= 15 is 0 Å². The van der Waals surface area contributed by atoms with Crippen molar-refractivity contribution < 1.29 is 9.13 Å². The molecule has 0 fully saturated rings. The molecule has 20 heavy (non-hydrogen) atoms. The SMILES string of the molecule is Cc1cc(Nc2ccc(N)c(OC(C)C)c2)ccc1F. The molecule has 3 N–H and O–H groups in total. The van der Waals surface area contributed by atoms with E-state index in [2.05, 4.69) is 5.32 Å². The first-order valence-electron chi connectivity index (χ1n) is 6.55. The summed E-state index contributed by atoms with van der Waals surface area (Å²) in [5.74, 6) is 0.431. The molecule has 0 heterocycles. The van der Waals surface area contributed by atoms with Gasteiger partial charge in [-0.1, -0.05) is 0 Å². The van der Waals surface area contributed by atoms with Gasteiger partial charge in [0, 0.05) is 17.4 Å². The fourth-order valence-electron chi connectivity index (χ4n) is 1.86. The Bertz CT molecular complexity index is 611. The molecule has 0 amide bonds. The molecule has 0 aliphatic carbocycles. The van der Waals surface area contributed by atoms with Crippen molar-refractivity contribution in [2.24, 2.45) is 0 Å². The molecule has 0 bridgehead atoms. The van der Waals surface area contributed by atoms with Crippen molar-refractivity contribution in [3.63, 3.8) is 0 Å². The van der Waals surface area contributed by atoms with E-state index in [1.165, 1.54) is 6.07 Å². The third kappa shape index (κ3) is 3.41.